The maximum atomic E-state index is 11.8. The number of hydrogen-bond acceptors (Lipinski definition) is 4. The molecular formula is C13H19NO4. The van der Waals surface area contributed by atoms with Gasteiger partial charge in [-0.15, -0.1) is 0 Å². The van der Waals surface area contributed by atoms with Crippen molar-refractivity contribution in [2.45, 2.75) is 32.0 Å². The third kappa shape index (κ3) is 2.91. The lowest BCUT2D eigenvalue weighted by atomic mass is 10.0. The molecule has 1 aromatic heterocycles. The number of carbonyl (C=O) groups is 1. The standard InChI is InChI=1S/C13H19NO4/c1-3-17-10-7-9(10)12(15)14-8-13(2,16)11-5-4-6-18-11/h4-6,9-10,16H,3,7-8H2,1-2H3,(H,14,15). The Hall–Kier alpha value is -1.33. The van der Waals surface area contributed by atoms with E-state index in [1.165, 1.54) is 6.26 Å². The Morgan fingerprint density at radius 3 is 3.11 bits per heavy atom. The number of hydrogen-bond donors (Lipinski definition) is 2. The minimum Gasteiger partial charge on any atom is -0.466 e. The molecule has 1 fully saturated rings. The molecule has 1 aliphatic carbocycles. The molecule has 0 aromatic carbocycles. The molecule has 100 valence electrons. The highest BCUT2D eigenvalue weighted by atomic mass is 16.5. The molecule has 1 aliphatic rings. The van der Waals surface area contributed by atoms with Gasteiger partial charge < -0.3 is 19.6 Å². The number of furan rings is 1. The van der Waals surface area contributed by atoms with Gasteiger partial charge in [-0.25, -0.2) is 0 Å². The summed E-state index contributed by atoms with van der Waals surface area (Å²) in [5.41, 5.74) is -1.19. The summed E-state index contributed by atoms with van der Waals surface area (Å²) in [4.78, 5) is 11.8. The molecular weight excluding hydrogens is 234 g/mol. The molecule has 0 bridgehead atoms. The molecule has 5 nitrogen and oxygen atoms in total. The lowest BCUT2D eigenvalue weighted by molar-refractivity contribution is -0.124. The van der Waals surface area contributed by atoms with Crippen molar-refractivity contribution in [3.8, 4) is 0 Å². The lowest BCUT2D eigenvalue weighted by Gasteiger charge is -2.21. The first-order valence-corrected chi connectivity index (χ1v) is 6.20. The Morgan fingerprint density at radius 2 is 2.50 bits per heavy atom. The maximum absolute atomic E-state index is 11.8. The SMILES string of the molecule is CCOC1CC1C(=O)NCC(C)(O)c1ccco1. The highest BCUT2D eigenvalue weighted by Gasteiger charge is 2.44. The van der Waals surface area contributed by atoms with Gasteiger partial charge in [0, 0.05) is 6.61 Å². The summed E-state index contributed by atoms with van der Waals surface area (Å²) in [6, 6.07) is 3.39. The summed E-state index contributed by atoms with van der Waals surface area (Å²) < 4.78 is 10.5. The van der Waals surface area contributed by atoms with Crippen LogP contribution in [0.1, 0.15) is 26.0 Å². The lowest BCUT2D eigenvalue weighted by Crippen LogP contribution is -2.39. The van der Waals surface area contributed by atoms with E-state index in [1.54, 1.807) is 19.1 Å². The summed E-state index contributed by atoms with van der Waals surface area (Å²) in [6.07, 6.45) is 2.31. The fourth-order valence-electron chi connectivity index (χ4n) is 1.91. The summed E-state index contributed by atoms with van der Waals surface area (Å²) >= 11 is 0. The molecule has 1 heterocycles. The van der Waals surface area contributed by atoms with Gasteiger partial charge >= 0.3 is 0 Å². The summed E-state index contributed by atoms with van der Waals surface area (Å²) in [6.45, 7) is 4.28. The minimum absolute atomic E-state index is 0.0450. The minimum atomic E-state index is -1.19. The first-order valence-electron chi connectivity index (χ1n) is 6.20. The van der Waals surface area contributed by atoms with Crippen molar-refractivity contribution >= 4 is 5.91 Å². The first kappa shape index (κ1) is 13.1. The second-order valence-electron chi connectivity index (χ2n) is 4.80. The predicted molar refractivity (Wildman–Crippen MR) is 64.8 cm³/mol. The number of carbonyl (C=O) groups excluding carboxylic acids is 1. The van der Waals surface area contributed by atoms with Crippen molar-refractivity contribution in [2.75, 3.05) is 13.2 Å². The van der Waals surface area contributed by atoms with Crippen LogP contribution in [0.25, 0.3) is 0 Å². The molecule has 3 unspecified atom stereocenters. The van der Waals surface area contributed by atoms with Crippen molar-refractivity contribution in [3.63, 3.8) is 0 Å². The zero-order valence-electron chi connectivity index (χ0n) is 10.7. The van der Waals surface area contributed by atoms with Crippen LogP contribution in [-0.4, -0.2) is 30.3 Å². The van der Waals surface area contributed by atoms with Gasteiger partial charge in [0.2, 0.25) is 5.91 Å². The van der Waals surface area contributed by atoms with Crippen molar-refractivity contribution < 1.29 is 19.1 Å². The molecule has 0 aliphatic heterocycles. The van der Waals surface area contributed by atoms with Gasteiger partial charge in [-0.2, -0.15) is 0 Å². The number of ether oxygens (including phenoxy) is 1. The van der Waals surface area contributed by atoms with Gasteiger partial charge in [-0.05, 0) is 32.4 Å². The largest absolute Gasteiger partial charge is 0.466 e. The smallest absolute Gasteiger partial charge is 0.225 e. The molecule has 0 radical (unpaired) electrons. The average molecular weight is 253 g/mol. The monoisotopic (exact) mass is 253 g/mol. The molecule has 5 heteroatoms. The van der Waals surface area contributed by atoms with E-state index in [2.05, 4.69) is 5.32 Å². The molecule has 0 spiro atoms. The Balaban J connectivity index is 1.80. The summed E-state index contributed by atoms with van der Waals surface area (Å²) in [5, 5.41) is 12.9. The quantitative estimate of drug-likeness (QED) is 0.794. The summed E-state index contributed by atoms with van der Waals surface area (Å²) in [7, 11) is 0. The first-order chi connectivity index (χ1) is 8.54. The van der Waals surface area contributed by atoms with E-state index in [-0.39, 0.29) is 24.5 Å². The van der Waals surface area contributed by atoms with E-state index in [0.717, 1.165) is 6.42 Å². The third-order valence-corrected chi connectivity index (χ3v) is 3.11. The van der Waals surface area contributed by atoms with Gasteiger partial charge in [0.15, 0.2) is 0 Å². The Kier molecular flexibility index (Phi) is 3.73. The van der Waals surface area contributed by atoms with Crippen LogP contribution in [-0.2, 0) is 15.1 Å². The zero-order valence-corrected chi connectivity index (χ0v) is 10.7. The number of rotatable bonds is 6. The molecule has 18 heavy (non-hydrogen) atoms. The Labute approximate surface area is 106 Å². The molecule has 1 amide bonds. The van der Waals surface area contributed by atoms with E-state index in [1.807, 2.05) is 6.92 Å². The van der Waals surface area contributed by atoms with Gasteiger partial charge in [0.05, 0.1) is 24.8 Å². The third-order valence-electron chi connectivity index (χ3n) is 3.11. The van der Waals surface area contributed by atoms with E-state index in [4.69, 9.17) is 9.15 Å². The van der Waals surface area contributed by atoms with Crippen LogP contribution in [0.5, 0.6) is 0 Å². The van der Waals surface area contributed by atoms with E-state index < -0.39 is 5.60 Å². The fourth-order valence-corrected chi connectivity index (χ4v) is 1.91. The van der Waals surface area contributed by atoms with Gasteiger partial charge in [0.1, 0.15) is 11.4 Å². The van der Waals surface area contributed by atoms with Crippen LogP contribution < -0.4 is 5.32 Å². The van der Waals surface area contributed by atoms with Crippen molar-refractivity contribution in [1.29, 1.82) is 0 Å². The highest BCUT2D eigenvalue weighted by Crippen LogP contribution is 2.34. The van der Waals surface area contributed by atoms with Gasteiger partial charge in [-0.3, -0.25) is 4.79 Å². The normalized spacial score (nSPS) is 25.5. The van der Waals surface area contributed by atoms with Crippen molar-refractivity contribution in [1.82, 2.24) is 5.32 Å². The van der Waals surface area contributed by atoms with E-state index >= 15 is 0 Å². The molecule has 3 atom stereocenters. The topological polar surface area (TPSA) is 71.7 Å². The maximum Gasteiger partial charge on any atom is 0.225 e. The van der Waals surface area contributed by atoms with Crippen LogP contribution >= 0.6 is 0 Å². The second-order valence-corrected chi connectivity index (χ2v) is 4.80. The van der Waals surface area contributed by atoms with Crippen LogP contribution in [0.2, 0.25) is 0 Å². The van der Waals surface area contributed by atoms with Gasteiger partial charge in [-0.1, -0.05) is 0 Å². The van der Waals surface area contributed by atoms with Crippen LogP contribution in [0.4, 0.5) is 0 Å². The highest BCUT2D eigenvalue weighted by molar-refractivity contribution is 5.82. The Bertz CT molecular complexity index is 399. The van der Waals surface area contributed by atoms with E-state index in [9.17, 15) is 9.90 Å². The van der Waals surface area contributed by atoms with Gasteiger partial charge in [0.25, 0.3) is 0 Å². The Morgan fingerprint density at radius 1 is 1.72 bits per heavy atom. The van der Waals surface area contributed by atoms with Crippen LogP contribution in [0.15, 0.2) is 22.8 Å². The molecule has 1 saturated carbocycles. The average Bonchev–Trinajstić information content (AvgIpc) is 2.89. The number of aliphatic hydroxyl groups is 1. The van der Waals surface area contributed by atoms with Crippen LogP contribution in [0.3, 0.4) is 0 Å². The molecule has 2 N–H and O–H groups in total. The van der Waals surface area contributed by atoms with Crippen LogP contribution in [0, 0.1) is 5.92 Å². The molecule has 1 aromatic rings. The van der Waals surface area contributed by atoms with E-state index in [0.29, 0.717) is 12.4 Å². The zero-order chi connectivity index (χ0) is 13.2. The second kappa shape index (κ2) is 5.12. The molecule has 0 saturated heterocycles. The fraction of sp³-hybridized carbons (Fsp3) is 0.615. The number of amides is 1. The van der Waals surface area contributed by atoms with Crippen molar-refractivity contribution in [2.24, 2.45) is 5.92 Å². The molecule has 2 rings (SSSR count). The predicted octanol–water partition coefficient (Wildman–Crippen LogP) is 1.03. The summed E-state index contributed by atoms with van der Waals surface area (Å²) in [5.74, 6) is 0.303. The van der Waals surface area contributed by atoms with Crippen molar-refractivity contribution in [3.05, 3.63) is 24.2 Å². The number of nitrogens with one attached hydrogen (secondary N) is 1.